The van der Waals surface area contributed by atoms with E-state index in [4.69, 9.17) is 11.6 Å². The van der Waals surface area contributed by atoms with E-state index in [1.165, 1.54) is 25.8 Å². The molecule has 1 aromatic rings. The molecule has 1 aromatic carbocycles. The second kappa shape index (κ2) is 5.93. The molecule has 1 aliphatic heterocycles. The fraction of sp³-hybridized carbons (Fsp3) is 0.533. The van der Waals surface area contributed by atoms with E-state index in [-0.39, 0.29) is 11.5 Å². The third-order valence-electron chi connectivity index (χ3n) is 3.88. The lowest BCUT2D eigenvalue weighted by Crippen LogP contribution is -2.28. The van der Waals surface area contributed by atoms with Gasteiger partial charge in [0.25, 0.3) is 0 Å². The van der Waals surface area contributed by atoms with Gasteiger partial charge in [-0.05, 0) is 44.9 Å². The molecule has 104 valence electrons. The minimum atomic E-state index is -0.158. The maximum atomic E-state index is 11.5. The Bertz CT molecular complexity index is 487. The van der Waals surface area contributed by atoms with E-state index in [1.807, 2.05) is 0 Å². The van der Waals surface area contributed by atoms with Crippen LogP contribution in [0.25, 0.3) is 0 Å². The van der Waals surface area contributed by atoms with Crippen molar-refractivity contribution in [1.82, 2.24) is 4.90 Å². The van der Waals surface area contributed by atoms with Gasteiger partial charge in [0.05, 0.1) is 5.56 Å². The number of aromatic hydroxyl groups is 1. The number of halogens is 1. The van der Waals surface area contributed by atoms with Crippen molar-refractivity contribution >= 4 is 17.4 Å². The van der Waals surface area contributed by atoms with Crippen molar-refractivity contribution in [3.05, 3.63) is 28.3 Å². The van der Waals surface area contributed by atoms with Crippen molar-refractivity contribution in [3.63, 3.8) is 0 Å². The lowest BCUT2D eigenvalue weighted by molar-refractivity contribution is 0.101. The van der Waals surface area contributed by atoms with Gasteiger partial charge >= 0.3 is 0 Å². The van der Waals surface area contributed by atoms with E-state index in [0.29, 0.717) is 23.2 Å². The van der Waals surface area contributed by atoms with Crippen LogP contribution in [-0.2, 0) is 6.54 Å². The zero-order valence-electron chi connectivity index (χ0n) is 11.4. The monoisotopic (exact) mass is 281 g/mol. The zero-order valence-corrected chi connectivity index (χ0v) is 12.2. The van der Waals surface area contributed by atoms with E-state index >= 15 is 0 Å². The van der Waals surface area contributed by atoms with Gasteiger partial charge in [0.1, 0.15) is 5.75 Å². The first kappa shape index (κ1) is 14.4. The lowest BCUT2D eigenvalue weighted by atomic mass is 10.0. The molecule has 1 unspecified atom stereocenters. The summed E-state index contributed by atoms with van der Waals surface area (Å²) < 4.78 is 0. The average Bonchev–Trinajstić information content (AvgIpc) is 2.80. The second-order valence-corrected chi connectivity index (χ2v) is 5.63. The maximum absolute atomic E-state index is 11.5. The molecule has 2 rings (SSSR count). The number of phenols is 1. The molecule has 0 aliphatic carbocycles. The largest absolute Gasteiger partial charge is 0.507 e. The highest BCUT2D eigenvalue weighted by atomic mass is 35.5. The fourth-order valence-electron chi connectivity index (χ4n) is 2.83. The van der Waals surface area contributed by atoms with Gasteiger partial charge in [0.15, 0.2) is 5.78 Å². The summed E-state index contributed by atoms with van der Waals surface area (Å²) in [6.45, 7) is 5.33. The molecule has 0 aromatic heterocycles. The molecule has 1 fully saturated rings. The van der Waals surface area contributed by atoms with Crippen LogP contribution in [0.15, 0.2) is 12.1 Å². The van der Waals surface area contributed by atoms with E-state index in [0.717, 1.165) is 18.5 Å². The zero-order chi connectivity index (χ0) is 14.0. The molecule has 0 bridgehead atoms. The quantitative estimate of drug-likeness (QED) is 0.857. The summed E-state index contributed by atoms with van der Waals surface area (Å²) >= 11 is 6.04. The Morgan fingerprint density at radius 3 is 2.89 bits per heavy atom. The van der Waals surface area contributed by atoms with Crippen LogP contribution in [0.1, 0.15) is 49.0 Å². The normalized spacial score (nSPS) is 19.8. The summed E-state index contributed by atoms with van der Waals surface area (Å²) in [6, 6.07) is 3.86. The first-order chi connectivity index (χ1) is 9.02. The molecule has 4 heteroatoms. The van der Waals surface area contributed by atoms with E-state index < -0.39 is 0 Å². The van der Waals surface area contributed by atoms with E-state index in [9.17, 15) is 9.90 Å². The highest BCUT2D eigenvalue weighted by Gasteiger charge is 2.24. The van der Waals surface area contributed by atoms with Gasteiger partial charge < -0.3 is 5.11 Å². The summed E-state index contributed by atoms with van der Waals surface area (Å²) in [7, 11) is 0. The highest BCUT2D eigenvalue weighted by molar-refractivity contribution is 6.31. The Balaban J connectivity index is 2.27. The third kappa shape index (κ3) is 3.10. The Morgan fingerprint density at radius 2 is 2.26 bits per heavy atom. The van der Waals surface area contributed by atoms with Crippen LogP contribution in [0.3, 0.4) is 0 Å². The number of carbonyl (C=O) groups excluding carboxylic acids is 1. The minimum absolute atomic E-state index is 0.0821. The summed E-state index contributed by atoms with van der Waals surface area (Å²) in [5.74, 6) is -0.0756. The molecular formula is C15H20ClNO2. The molecule has 19 heavy (non-hydrogen) atoms. The molecule has 1 aliphatic rings. The molecule has 0 amide bonds. The molecule has 0 radical (unpaired) electrons. The van der Waals surface area contributed by atoms with Crippen LogP contribution in [0.2, 0.25) is 5.02 Å². The van der Waals surface area contributed by atoms with Crippen molar-refractivity contribution in [3.8, 4) is 5.75 Å². The number of hydrogen-bond acceptors (Lipinski definition) is 3. The molecule has 0 spiro atoms. The maximum Gasteiger partial charge on any atom is 0.163 e. The molecule has 3 nitrogen and oxygen atoms in total. The topological polar surface area (TPSA) is 40.5 Å². The van der Waals surface area contributed by atoms with Crippen molar-refractivity contribution in [2.75, 3.05) is 6.54 Å². The molecule has 0 saturated carbocycles. The number of hydrogen-bond donors (Lipinski definition) is 1. The fourth-order valence-corrected chi connectivity index (χ4v) is 3.07. The summed E-state index contributed by atoms with van der Waals surface area (Å²) in [5, 5.41) is 10.7. The van der Waals surface area contributed by atoms with Gasteiger partial charge in [-0.2, -0.15) is 0 Å². The average molecular weight is 282 g/mol. The first-order valence-electron chi connectivity index (χ1n) is 6.79. The number of Topliss-reactive ketones (excluding diaryl/α,β-unsaturated/α-hetero) is 1. The van der Waals surface area contributed by atoms with Gasteiger partial charge in [0, 0.05) is 23.2 Å². The molecule has 1 heterocycles. The van der Waals surface area contributed by atoms with Crippen LogP contribution < -0.4 is 0 Å². The summed E-state index contributed by atoms with van der Waals surface area (Å²) in [5.41, 5.74) is 1.06. The smallest absolute Gasteiger partial charge is 0.163 e. The van der Waals surface area contributed by atoms with Crippen LogP contribution in [0.4, 0.5) is 0 Å². The number of phenolic OH excluding ortho intramolecular Hbond substituents is 1. The standard InChI is InChI=1S/C15H20ClNO2/c1-3-13-5-4-6-17(13)9-11-7-12(16)8-14(10(2)18)15(11)19/h7-8,13,19H,3-6,9H2,1-2H3. The Hall–Kier alpha value is -1.06. The van der Waals surface area contributed by atoms with Gasteiger partial charge in [-0.25, -0.2) is 0 Å². The number of carbonyl (C=O) groups is 1. The van der Waals surface area contributed by atoms with Crippen LogP contribution in [0, 0.1) is 0 Å². The van der Waals surface area contributed by atoms with E-state index in [1.54, 1.807) is 6.07 Å². The Labute approximate surface area is 119 Å². The van der Waals surface area contributed by atoms with Gasteiger partial charge in [-0.3, -0.25) is 9.69 Å². The first-order valence-corrected chi connectivity index (χ1v) is 7.17. The predicted molar refractivity (Wildman–Crippen MR) is 76.8 cm³/mol. The molecular weight excluding hydrogens is 262 g/mol. The Kier molecular flexibility index (Phi) is 4.48. The number of rotatable bonds is 4. The highest BCUT2D eigenvalue weighted by Crippen LogP contribution is 2.31. The Morgan fingerprint density at radius 1 is 1.53 bits per heavy atom. The number of ketones is 1. The lowest BCUT2D eigenvalue weighted by Gasteiger charge is -2.24. The summed E-state index contributed by atoms with van der Waals surface area (Å²) in [6.07, 6.45) is 3.51. The number of benzene rings is 1. The van der Waals surface area contributed by atoms with Crippen molar-refractivity contribution in [2.45, 2.75) is 45.7 Å². The van der Waals surface area contributed by atoms with Crippen LogP contribution >= 0.6 is 11.6 Å². The van der Waals surface area contributed by atoms with E-state index in [2.05, 4.69) is 11.8 Å². The molecule has 1 saturated heterocycles. The minimum Gasteiger partial charge on any atom is -0.507 e. The SMILES string of the molecule is CCC1CCCN1Cc1cc(Cl)cc(C(C)=O)c1O. The van der Waals surface area contributed by atoms with Gasteiger partial charge in [-0.1, -0.05) is 18.5 Å². The third-order valence-corrected chi connectivity index (χ3v) is 4.09. The van der Waals surface area contributed by atoms with Crippen molar-refractivity contribution in [1.29, 1.82) is 0 Å². The van der Waals surface area contributed by atoms with Gasteiger partial charge in [-0.15, -0.1) is 0 Å². The molecule has 1 N–H and O–H groups in total. The van der Waals surface area contributed by atoms with Crippen molar-refractivity contribution in [2.24, 2.45) is 0 Å². The number of nitrogens with zero attached hydrogens (tertiary/aromatic N) is 1. The number of likely N-dealkylation sites (tertiary alicyclic amines) is 1. The van der Waals surface area contributed by atoms with Gasteiger partial charge in [0.2, 0.25) is 0 Å². The second-order valence-electron chi connectivity index (χ2n) is 5.19. The van der Waals surface area contributed by atoms with Crippen molar-refractivity contribution < 1.29 is 9.90 Å². The molecule has 1 atom stereocenters. The van der Waals surface area contributed by atoms with Crippen LogP contribution in [0.5, 0.6) is 5.75 Å². The predicted octanol–water partition coefficient (Wildman–Crippen LogP) is 3.62. The van der Waals surface area contributed by atoms with Crippen LogP contribution in [-0.4, -0.2) is 28.4 Å². The summed E-state index contributed by atoms with van der Waals surface area (Å²) in [4.78, 5) is 13.9.